The maximum Gasteiger partial charge on any atom is 0.296 e. The molecular weight excluding hydrogens is 508 g/mol. The van der Waals surface area contributed by atoms with Crippen LogP contribution in [0.5, 0.6) is 5.19 Å². The Kier molecular flexibility index (Phi) is 5.97. The summed E-state index contributed by atoms with van der Waals surface area (Å²) in [5.74, 6) is 0.117. The van der Waals surface area contributed by atoms with Crippen molar-refractivity contribution in [2.45, 2.75) is 25.0 Å². The minimum absolute atomic E-state index is 0.142. The zero-order chi connectivity index (χ0) is 22.8. The SMILES string of the molecule is N#Cc1ccc(C(=O)Nc2nnc(OCc3ccc(Br)cc3)s2)c(N2CCOC3(CC3)C2)n1. The topological polar surface area (TPSA) is 113 Å². The van der Waals surface area contributed by atoms with Gasteiger partial charge in [-0.1, -0.05) is 33.2 Å². The van der Waals surface area contributed by atoms with Crippen molar-refractivity contribution in [3.63, 3.8) is 0 Å². The molecule has 1 amide bonds. The van der Waals surface area contributed by atoms with Gasteiger partial charge < -0.3 is 14.4 Å². The zero-order valence-electron chi connectivity index (χ0n) is 17.5. The molecule has 0 radical (unpaired) electrons. The Hall–Kier alpha value is -3.07. The van der Waals surface area contributed by atoms with Gasteiger partial charge in [0.25, 0.3) is 11.1 Å². The minimum Gasteiger partial charge on any atom is -0.464 e. The summed E-state index contributed by atoms with van der Waals surface area (Å²) < 4.78 is 12.6. The molecule has 3 heterocycles. The third-order valence-corrected chi connectivity index (χ3v) is 6.77. The van der Waals surface area contributed by atoms with Gasteiger partial charge in [-0.3, -0.25) is 10.1 Å². The average molecular weight is 527 g/mol. The quantitative estimate of drug-likeness (QED) is 0.516. The number of pyridine rings is 1. The fraction of sp³-hybridized carbons (Fsp3) is 0.318. The maximum absolute atomic E-state index is 13.1. The molecule has 5 rings (SSSR count). The number of nitriles is 1. The lowest BCUT2D eigenvalue weighted by Crippen LogP contribution is -2.45. The lowest BCUT2D eigenvalue weighted by atomic mass is 10.1. The van der Waals surface area contributed by atoms with Gasteiger partial charge >= 0.3 is 0 Å². The van der Waals surface area contributed by atoms with Gasteiger partial charge in [-0.25, -0.2) is 4.98 Å². The van der Waals surface area contributed by atoms with E-state index < -0.39 is 0 Å². The molecule has 1 N–H and O–H groups in total. The van der Waals surface area contributed by atoms with E-state index in [9.17, 15) is 10.1 Å². The molecule has 2 aromatic heterocycles. The molecule has 0 bridgehead atoms. The van der Waals surface area contributed by atoms with E-state index in [0.717, 1.165) is 34.2 Å². The van der Waals surface area contributed by atoms with Crippen molar-refractivity contribution in [1.29, 1.82) is 5.26 Å². The van der Waals surface area contributed by atoms with Crippen LogP contribution in [-0.2, 0) is 11.3 Å². The number of nitrogens with zero attached hydrogens (tertiary/aromatic N) is 5. The molecule has 1 saturated carbocycles. The maximum atomic E-state index is 13.1. The Bertz CT molecular complexity index is 1220. The Labute approximate surface area is 202 Å². The molecule has 33 heavy (non-hydrogen) atoms. The largest absolute Gasteiger partial charge is 0.464 e. The van der Waals surface area contributed by atoms with Crippen molar-refractivity contribution < 1.29 is 14.3 Å². The van der Waals surface area contributed by atoms with Crippen LogP contribution in [0.1, 0.15) is 34.5 Å². The minimum atomic E-state index is -0.367. The van der Waals surface area contributed by atoms with Crippen LogP contribution >= 0.6 is 27.3 Å². The first-order chi connectivity index (χ1) is 16.0. The van der Waals surface area contributed by atoms with E-state index in [1.165, 1.54) is 0 Å². The summed E-state index contributed by atoms with van der Waals surface area (Å²) in [7, 11) is 0. The number of amides is 1. The molecule has 11 heteroatoms. The third-order valence-electron chi connectivity index (χ3n) is 5.49. The summed E-state index contributed by atoms with van der Waals surface area (Å²) in [6.07, 6.45) is 1.99. The molecule has 0 atom stereocenters. The predicted octanol–water partition coefficient (Wildman–Crippen LogP) is 3.77. The number of nitrogens with one attached hydrogen (secondary N) is 1. The number of hydrogen-bond acceptors (Lipinski definition) is 9. The van der Waals surface area contributed by atoms with Crippen molar-refractivity contribution in [2.75, 3.05) is 29.9 Å². The Morgan fingerprint density at radius 3 is 2.85 bits per heavy atom. The number of aromatic nitrogens is 3. The Morgan fingerprint density at radius 1 is 1.27 bits per heavy atom. The van der Waals surface area contributed by atoms with Gasteiger partial charge in [0, 0.05) is 17.6 Å². The smallest absolute Gasteiger partial charge is 0.296 e. The number of ether oxygens (including phenoxy) is 2. The highest BCUT2D eigenvalue weighted by molar-refractivity contribution is 9.10. The molecule has 9 nitrogen and oxygen atoms in total. The second-order valence-electron chi connectivity index (χ2n) is 7.87. The van der Waals surface area contributed by atoms with Gasteiger partial charge in [0.15, 0.2) is 0 Å². The molecule has 168 valence electrons. The Morgan fingerprint density at radius 2 is 2.09 bits per heavy atom. The van der Waals surface area contributed by atoms with E-state index >= 15 is 0 Å². The second-order valence-corrected chi connectivity index (χ2v) is 9.73. The summed E-state index contributed by atoms with van der Waals surface area (Å²) in [5.41, 5.74) is 1.49. The molecule has 1 aromatic carbocycles. The summed E-state index contributed by atoms with van der Waals surface area (Å²) in [5, 5.41) is 20.8. The molecule has 2 fully saturated rings. The summed E-state index contributed by atoms with van der Waals surface area (Å²) in [6, 6.07) is 13.0. The normalized spacial score (nSPS) is 16.3. The van der Waals surface area contributed by atoms with Crippen molar-refractivity contribution in [3.05, 3.63) is 57.7 Å². The number of hydrogen-bond donors (Lipinski definition) is 1. The van der Waals surface area contributed by atoms with E-state index in [1.807, 2.05) is 29.2 Å². The van der Waals surface area contributed by atoms with Crippen LogP contribution in [-0.4, -0.2) is 46.4 Å². The summed E-state index contributed by atoms with van der Waals surface area (Å²) >= 11 is 4.55. The number of halogens is 1. The number of carbonyl (C=O) groups excluding carboxylic acids is 1. The van der Waals surface area contributed by atoms with Gasteiger partial charge in [-0.05, 0) is 54.0 Å². The van der Waals surface area contributed by atoms with Crippen molar-refractivity contribution >= 4 is 44.1 Å². The Balaban J connectivity index is 1.29. The summed E-state index contributed by atoms with van der Waals surface area (Å²) in [4.78, 5) is 19.5. The number of rotatable bonds is 6. The van der Waals surface area contributed by atoms with E-state index in [0.29, 0.717) is 48.0 Å². The number of benzene rings is 1. The molecule has 0 unspecified atom stereocenters. The van der Waals surface area contributed by atoms with Gasteiger partial charge in [0.2, 0.25) is 5.13 Å². The monoisotopic (exact) mass is 526 g/mol. The van der Waals surface area contributed by atoms with Crippen LogP contribution in [0.2, 0.25) is 0 Å². The van der Waals surface area contributed by atoms with Gasteiger partial charge in [0.1, 0.15) is 24.2 Å². The predicted molar refractivity (Wildman–Crippen MR) is 125 cm³/mol. The van der Waals surface area contributed by atoms with Crippen LogP contribution in [0.3, 0.4) is 0 Å². The second kappa shape index (κ2) is 9.05. The third kappa shape index (κ3) is 4.98. The fourth-order valence-corrected chi connectivity index (χ4v) is 4.46. The van der Waals surface area contributed by atoms with E-state index in [-0.39, 0.29) is 17.2 Å². The van der Waals surface area contributed by atoms with Crippen LogP contribution < -0.4 is 15.0 Å². The van der Waals surface area contributed by atoms with E-state index in [1.54, 1.807) is 12.1 Å². The molecular formula is C22H19BrN6O3S. The first-order valence-electron chi connectivity index (χ1n) is 10.4. The van der Waals surface area contributed by atoms with Crippen molar-refractivity contribution in [3.8, 4) is 11.3 Å². The highest BCUT2D eigenvalue weighted by Crippen LogP contribution is 2.43. The molecule has 1 spiro atoms. The standard InChI is InChI=1S/C22H19BrN6O3S/c23-15-3-1-14(2-4-15)12-31-21-28-27-20(33-21)26-19(30)17-6-5-16(11-24)25-18(17)29-9-10-32-22(13-29)7-8-22/h1-6H,7-10,12-13H2,(H,26,27,30). The van der Waals surface area contributed by atoms with E-state index in [2.05, 4.69) is 42.5 Å². The first kappa shape index (κ1) is 21.8. The number of anilines is 2. The number of carbonyl (C=O) groups is 1. The van der Waals surface area contributed by atoms with E-state index in [4.69, 9.17) is 9.47 Å². The van der Waals surface area contributed by atoms with Crippen LogP contribution in [0.4, 0.5) is 10.9 Å². The van der Waals surface area contributed by atoms with Crippen LogP contribution in [0.15, 0.2) is 40.9 Å². The van der Waals surface area contributed by atoms with Crippen LogP contribution in [0, 0.1) is 11.3 Å². The first-order valence-corrected chi connectivity index (χ1v) is 12.0. The average Bonchev–Trinajstić information content (AvgIpc) is 3.42. The highest BCUT2D eigenvalue weighted by Gasteiger charge is 2.48. The van der Waals surface area contributed by atoms with Gasteiger partial charge in [-0.15, -0.1) is 5.10 Å². The van der Waals surface area contributed by atoms with Gasteiger partial charge in [0.05, 0.1) is 17.8 Å². The lowest BCUT2D eigenvalue weighted by Gasteiger charge is -2.34. The molecule has 2 aliphatic rings. The summed E-state index contributed by atoms with van der Waals surface area (Å²) in [6.45, 7) is 2.17. The molecule has 1 aliphatic carbocycles. The molecule has 1 saturated heterocycles. The van der Waals surface area contributed by atoms with Crippen LogP contribution in [0.25, 0.3) is 0 Å². The van der Waals surface area contributed by atoms with Crippen molar-refractivity contribution in [1.82, 2.24) is 15.2 Å². The zero-order valence-corrected chi connectivity index (χ0v) is 19.9. The number of morpholine rings is 1. The molecule has 3 aromatic rings. The van der Waals surface area contributed by atoms with Gasteiger partial charge in [-0.2, -0.15) is 5.26 Å². The van der Waals surface area contributed by atoms with Crippen molar-refractivity contribution in [2.24, 2.45) is 0 Å². The lowest BCUT2D eigenvalue weighted by molar-refractivity contribution is 0.0203. The fourth-order valence-electron chi connectivity index (χ4n) is 3.61. The highest BCUT2D eigenvalue weighted by atomic mass is 79.9. The molecule has 1 aliphatic heterocycles.